The number of rotatable bonds is 5. The highest BCUT2D eigenvalue weighted by atomic mass is 19.4. The molecule has 1 N–H and O–H groups in total. The van der Waals surface area contributed by atoms with Crippen molar-refractivity contribution in [1.29, 1.82) is 0 Å². The number of methoxy groups -OCH3 is 1. The molecule has 0 radical (unpaired) electrons. The van der Waals surface area contributed by atoms with Crippen LogP contribution in [-0.2, 0) is 10.9 Å². The Morgan fingerprint density at radius 3 is 2.61 bits per heavy atom. The third kappa shape index (κ3) is 3.82. The molecule has 10 heteroatoms. The maximum atomic E-state index is 13.2. The highest BCUT2D eigenvalue weighted by molar-refractivity contribution is 5.94. The SMILES string of the molecule is COc1nc2c(C)nnc(N[C@H](C)c3cccc(C(F)(F)F)c3)c2cc1N1C2COCC1C2. The Morgan fingerprint density at radius 1 is 1.18 bits per heavy atom. The number of hydrogen-bond acceptors (Lipinski definition) is 7. The number of fused-ring (bicyclic) bond motifs is 3. The van der Waals surface area contributed by atoms with Crippen molar-refractivity contribution in [3.63, 3.8) is 0 Å². The van der Waals surface area contributed by atoms with Gasteiger partial charge in [-0.25, -0.2) is 4.98 Å². The standard InChI is InChI=1S/C23H24F3N5O2/c1-12(14-5-4-6-15(7-14)23(24,25)26)27-21-18-9-19(31-16-8-17(31)11-33-10-16)22(32-3)28-20(18)13(2)29-30-21/h4-7,9,12,16-17H,8,10-11H2,1-3H3,(H,27,30)/t12-,16?,17?/m1/s1. The van der Waals surface area contributed by atoms with Crippen LogP contribution >= 0.6 is 0 Å². The summed E-state index contributed by atoms with van der Waals surface area (Å²) < 4.78 is 50.7. The molecule has 2 saturated heterocycles. The van der Waals surface area contributed by atoms with E-state index in [2.05, 4.69) is 20.4 Å². The van der Waals surface area contributed by atoms with Gasteiger partial charge in [0.15, 0.2) is 5.82 Å². The van der Waals surface area contributed by atoms with Crippen LogP contribution in [0.1, 0.15) is 36.2 Å². The third-order valence-electron chi connectivity index (χ3n) is 6.36. The van der Waals surface area contributed by atoms with E-state index in [-0.39, 0.29) is 12.1 Å². The van der Waals surface area contributed by atoms with Gasteiger partial charge in [0.05, 0.1) is 49.7 Å². The van der Waals surface area contributed by atoms with E-state index in [1.165, 1.54) is 6.07 Å². The summed E-state index contributed by atoms with van der Waals surface area (Å²) in [5, 5.41) is 12.5. The summed E-state index contributed by atoms with van der Waals surface area (Å²) in [7, 11) is 1.59. The summed E-state index contributed by atoms with van der Waals surface area (Å²) in [5.74, 6) is 0.964. The van der Waals surface area contributed by atoms with Crippen LogP contribution < -0.4 is 15.0 Å². The molecular weight excluding hydrogens is 435 g/mol. The van der Waals surface area contributed by atoms with Gasteiger partial charge in [-0.1, -0.05) is 12.1 Å². The first kappa shape index (κ1) is 21.7. The van der Waals surface area contributed by atoms with Crippen molar-refractivity contribution >= 4 is 22.4 Å². The Morgan fingerprint density at radius 2 is 1.94 bits per heavy atom. The minimum absolute atomic E-state index is 0.272. The van der Waals surface area contributed by atoms with E-state index in [1.807, 2.05) is 13.0 Å². The smallest absolute Gasteiger partial charge is 0.416 e. The molecule has 0 aliphatic carbocycles. The fraction of sp³-hybridized carbons (Fsp3) is 0.435. The first-order valence-corrected chi connectivity index (χ1v) is 10.8. The quantitative estimate of drug-likeness (QED) is 0.602. The maximum Gasteiger partial charge on any atom is 0.416 e. The normalized spacial score (nSPS) is 21.0. The summed E-state index contributed by atoms with van der Waals surface area (Å²) >= 11 is 0. The van der Waals surface area contributed by atoms with Gasteiger partial charge in [-0.15, -0.1) is 5.10 Å². The molecule has 2 fully saturated rings. The average Bonchev–Trinajstić information content (AvgIpc) is 2.80. The van der Waals surface area contributed by atoms with Crippen LogP contribution in [0.4, 0.5) is 24.7 Å². The molecule has 1 aromatic carbocycles. The number of nitrogens with one attached hydrogen (secondary N) is 1. The molecule has 0 saturated carbocycles. The van der Waals surface area contributed by atoms with Crippen molar-refractivity contribution in [2.24, 2.45) is 0 Å². The number of aryl methyl sites for hydroxylation is 1. The molecule has 2 unspecified atom stereocenters. The molecule has 33 heavy (non-hydrogen) atoms. The molecule has 2 aromatic heterocycles. The minimum Gasteiger partial charge on any atom is -0.480 e. The van der Waals surface area contributed by atoms with Crippen LogP contribution in [0.15, 0.2) is 30.3 Å². The predicted octanol–water partition coefficient (Wildman–Crippen LogP) is 4.51. The number of aromatic nitrogens is 3. The molecule has 3 aromatic rings. The molecule has 2 aliphatic heterocycles. The first-order chi connectivity index (χ1) is 15.8. The molecule has 2 aliphatic rings. The Bertz CT molecular complexity index is 1190. The van der Waals surface area contributed by atoms with E-state index in [0.29, 0.717) is 41.7 Å². The fourth-order valence-electron chi connectivity index (χ4n) is 4.61. The highest BCUT2D eigenvalue weighted by Gasteiger charge is 2.44. The van der Waals surface area contributed by atoms with Crippen LogP contribution in [0.25, 0.3) is 10.9 Å². The third-order valence-corrected chi connectivity index (χ3v) is 6.36. The number of pyridine rings is 1. The Labute approximate surface area is 188 Å². The predicted molar refractivity (Wildman–Crippen MR) is 118 cm³/mol. The van der Waals surface area contributed by atoms with Crippen molar-refractivity contribution in [2.75, 3.05) is 30.5 Å². The number of ether oxygens (including phenoxy) is 2. The largest absolute Gasteiger partial charge is 0.480 e. The van der Waals surface area contributed by atoms with Gasteiger partial charge in [-0.3, -0.25) is 0 Å². The number of nitrogens with zero attached hydrogens (tertiary/aromatic N) is 4. The van der Waals surface area contributed by atoms with Crippen LogP contribution in [0.2, 0.25) is 0 Å². The second kappa shape index (κ2) is 8.02. The van der Waals surface area contributed by atoms with Gasteiger partial charge in [0.25, 0.3) is 0 Å². The van der Waals surface area contributed by atoms with E-state index in [1.54, 1.807) is 20.1 Å². The topological polar surface area (TPSA) is 72.4 Å². The molecule has 3 atom stereocenters. The summed E-state index contributed by atoms with van der Waals surface area (Å²) in [5.41, 5.74) is 1.94. The lowest BCUT2D eigenvalue weighted by Gasteiger charge is -2.53. The van der Waals surface area contributed by atoms with Gasteiger partial charge in [0, 0.05) is 5.39 Å². The molecule has 2 bridgehead atoms. The van der Waals surface area contributed by atoms with E-state index < -0.39 is 17.8 Å². The van der Waals surface area contributed by atoms with Gasteiger partial charge in [-0.2, -0.15) is 18.3 Å². The van der Waals surface area contributed by atoms with Gasteiger partial charge in [-0.05, 0) is 44.0 Å². The molecule has 0 amide bonds. The number of morpholine rings is 1. The van der Waals surface area contributed by atoms with Gasteiger partial charge >= 0.3 is 6.18 Å². The number of alkyl halides is 3. The summed E-state index contributed by atoms with van der Waals surface area (Å²) in [6, 6.07) is 7.36. The Kier molecular flexibility index (Phi) is 5.27. The van der Waals surface area contributed by atoms with Gasteiger partial charge < -0.3 is 19.7 Å². The summed E-state index contributed by atoms with van der Waals surface area (Å²) in [4.78, 5) is 6.98. The molecular formula is C23H24F3N5O2. The van der Waals surface area contributed by atoms with E-state index in [4.69, 9.17) is 14.5 Å². The summed E-state index contributed by atoms with van der Waals surface area (Å²) in [6.07, 6.45) is -3.34. The van der Waals surface area contributed by atoms with Crippen LogP contribution in [0.3, 0.4) is 0 Å². The zero-order valence-corrected chi connectivity index (χ0v) is 18.5. The second-order valence-corrected chi connectivity index (χ2v) is 8.52. The van der Waals surface area contributed by atoms with E-state index in [9.17, 15) is 13.2 Å². The Hall–Kier alpha value is -3.14. The zero-order valence-electron chi connectivity index (χ0n) is 18.5. The zero-order chi connectivity index (χ0) is 23.3. The number of hydrogen-bond donors (Lipinski definition) is 1. The van der Waals surface area contributed by atoms with Crippen LogP contribution in [0.5, 0.6) is 5.88 Å². The van der Waals surface area contributed by atoms with Crippen molar-refractivity contribution in [3.05, 3.63) is 47.2 Å². The average molecular weight is 459 g/mol. The van der Waals surface area contributed by atoms with Crippen molar-refractivity contribution in [1.82, 2.24) is 15.2 Å². The number of halogens is 3. The minimum atomic E-state index is -4.40. The van der Waals surface area contributed by atoms with E-state index >= 15 is 0 Å². The highest BCUT2D eigenvalue weighted by Crippen LogP contribution is 2.42. The second-order valence-electron chi connectivity index (χ2n) is 8.52. The first-order valence-electron chi connectivity index (χ1n) is 10.8. The molecule has 7 nitrogen and oxygen atoms in total. The lowest BCUT2D eigenvalue weighted by Crippen LogP contribution is -2.64. The lowest BCUT2D eigenvalue weighted by molar-refractivity contribution is -0.137. The van der Waals surface area contributed by atoms with Crippen molar-refractivity contribution in [3.8, 4) is 5.88 Å². The number of anilines is 2. The molecule has 4 heterocycles. The molecule has 0 spiro atoms. The molecule has 174 valence electrons. The van der Waals surface area contributed by atoms with Gasteiger partial charge in [0.2, 0.25) is 5.88 Å². The van der Waals surface area contributed by atoms with Crippen molar-refractivity contribution < 1.29 is 22.6 Å². The fourth-order valence-corrected chi connectivity index (χ4v) is 4.61. The van der Waals surface area contributed by atoms with Crippen molar-refractivity contribution in [2.45, 2.75) is 44.6 Å². The van der Waals surface area contributed by atoms with Crippen LogP contribution in [-0.4, -0.2) is 47.6 Å². The summed E-state index contributed by atoms with van der Waals surface area (Å²) in [6.45, 7) is 4.91. The van der Waals surface area contributed by atoms with Gasteiger partial charge in [0.1, 0.15) is 11.2 Å². The monoisotopic (exact) mass is 459 g/mol. The van der Waals surface area contributed by atoms with Crippen LogP contribution in [0, 0.1) is 6.92 Å². The number of benzene rings is 1. The van der Waals surface area contributed by atoms with E-state index in [0.717, 1.165) is 29.6 Å². The maximum absolute atomic E-state index is 13.2. The lowest BCUT2D eigenvalue weighted by atomic mass is 9.90. The Balaban J connectivity index is 1.53. The molecule has 5 rings (SSSR count).